The first-order valence-corrected chi connectivity index (χ1v) is 14.7. The highest BCUT2D eigenvalue weighted by molar-refractivity contribution is 7.88. The van der Waals surface area contributed by atoms with Gasteiger partial charge in [0.05, 0.1) is 0 Å². The van der Waals surface area contributed by atoms with E-state index in [1.165, 1.54) is 4.90 Å². The Morgan fingerprint density at radius 1 is 1.10 bits per heavy atom. The maximum absolute atomic E-state index is 13.4. The molecule has 1 aliphatic carbocycles. The zero-order valence-corrected chi connectivity index (χ0v) is 22.5. The molecule has 212 valence electrons. The summed E-state index contributed by atoms with van der Waals surface area (Å²) >= 11 is 0. The third-order valence-corrected chi connectivity index (χ3v) is 8.36. The summed E-state index contributed by atoms with van der Waals surface area (Å²) in [5.74, 6) is -2.30. The summed E-state index contributed by atoms with van der Waals surface area (Å²) in [6.07, 6.45) is 5.92. The van der Waals surface area contributed by atoms with Gasteiger partial charge in [-0.25, -0.2) is 9.52 Å². The summed E-state index contributed by atoms with van der Waals surface area (Å²) in [5.41, 5.74) is 4.45. The first kappa shape index (κ1) is 28.6. The first-order valence-electron chi connectivity index (χ1n) is 13.2. The van der Waals surface area contributed by atoms with Crippen LogP contribution in [-0.2, 0) is 35.9 Å². The van der Waals surface area contributed by atoms with Gasteiger partial charge in [-0.15, -0.1) is 0 Å². The van der Waals surface area contributed by atoms with E-state index in [0.717, 1.165) is 12.8 Å². The smallest absolute Gasteiger partial charge is 0.405 e. The number of amides is 4. The zero-order chi connectivity index (χ0) is 28.0. The first-order chi connectivity index (χ1) is 18.6. The van der Waals surface area contributed by atoms with Gasteiger partial charge in [0, 0.05) is 19.0 Å². The molecule has 4 rings (SSSR count). The highest BCUT2D eigenvalue weighted by Crippen LogP contribution is 2.45. The van der Waals surface area contributed by atoms with Crippen molar-refractivity contribution in [3.8, 4) is 0 Å². The minimum atomic E-state index is -4.22. The summed E-state index contributed by atoms with van der Waals surface area (Å²) in [5, 5.41) is 2.76. The molecule has 13 heteroatoms. The number of nitrogens with one attached hydrogen (secondary N) is 3. The molecule has 2 fully saturated rings. The lowest BCUT2D eigenvalue weighted by Crippen LogP contribution is -2.58. The number of fused-ring (bicyclic) bond motifs is 2. The number of carbonyl (C=O) groups excluding carboxylic acids is 4. The van der Waals surface area contributed by atoms with Crippen molar-refractivity contribution in [3.05, 3.63) is 48.0 Å². The molecule has 5 N–H and O–H groups in total. The molecule has 1 aromatic carbocycles. The summed E-state index contributed by atoms with van der Waals surface area (Å²) in [4.78, 5) is 52.8. The van der Waals surface area contributed by atoms with Gasteiger partial charge in [0.2, 0.25) is 5.91 Å². The number of carbonyl (C=O) groups is 4. The Labute approximate surface area is 227 Å². The molecule has 4 amide bonds. The Bertz CT molecular complexity index is 1220. The van der Waals surface area contributed by atoms with Gasteiger partial charge in [-0.05, 0) is 50.5 Å². The van der Waals surface area contributed by atoms with Crippen molar-refractivity contribution in [3.63, 3.8) is 0 Å². The molecule has 12 nitrogen and oxygen atoms in total. The molecule has 2 aliphatic heterocycles. The summed E-state index contributed by atoms with van der Waals surface area (Å²) in [6.45, 7) is 0.273. The fourth-order valence-corrected chi connectivity index (χ4v) is 6.05. The number of nitrogens with zero attached hydrogens (tertiary/aromatic N) is 1. The quantitative estimate of drug-likeness (QED) is 0.374. The van der Waals surface area contributed by atoms with E-state index in [0.29, 0.717) is 37.7 Å². The fourth-order valence-electron chi connectivity index (χ4n) is 5.20. The molecule has 1 saturated heterocycles. The van der Waals surface area contributed by atoms with Crippen LogP contribution in [-0.4, -0.2) is 61.4 Å². The number of primary amides is 1. The lowest BCUT2D eigenvalue weighted by Gasteiger charge is -2.29. The number of benzene rings is 1. The number of hydrogen-bond donors (Lipinski definition) is 4. The van der Waals surface area contributed by atoms with Gasteiger partial charge < -0.3 is 20.7 Å². The van der Waals surface area contributed by atoms with Crippen molar-refractivity contribution in [2.24, 2.45) is 11.7 Å². The van der Waals surface area contributed by atoms with E-state index in [9.17, 15) is 27.6 Å². The van der Waals surface area contributed by atoms with Crippen LogP contribution in [0.2, 0.25) is 0 Å². The second kappa shape index (κ2) is 12.2. The SMILES string of the molecule is NC(=O)OC1CCCCC/C=C\C2CC2(C(=O)NS(=O)(=O)NCc2ccccc2)NC(=O)C2CCCN2C1=O. The van der Waals surface area contributed by atoms with Crippen LogP contribution in [0.1, 0.15) is 56.9 Å². The number of allylic oxidation sites excluding steroid dienone is 1. The normalized spacial score (nSPS) is 28.6. The number of ether oxygens (including phenoxy) is 1. The van der Waals surface area contributed by atoms with Gasteiger partial charge in [0.15, 0.2) is 6.10 Å². The minimum Gasteiger partial charge on any atom is -0.436 e. The number of nitrogens with two attached hydrogens (primary N) is 1. The monoisotopic (exact) mass is 561 g/mol. The lowest BCUT2D eigenvalue weighted by atomic mass is 10.1. The van der Waals surface area contributed by atoms with E-state index >= 15 is 0 Å². The molecule has 4 unspecified atom stereocenters. The molecule has 1 aromatic rings. The molecule has 0 bridgehead atoms. The van der Waals surface area contributed by atoms with E-state index in [1.807, 2.05) is 12.2 Å². The molecule has 2 heterocycles. The Morgan fingerprint density at radius 3 is 2.62 bits per heavy atom. The Morgan fingerprint density at radius 2 is 1.87 bits per heavy atom. The topological polar surface area (TPSA) is 177 Å². The van der Waals surface area contributed by atoms with Gasteiger partial charge in [-0.3, -0.25) is 14.4 Å². The summed E-state index contributed by atoms with van der Waals surface area (Å²) in [7, 11) is -4.22. The molecule has 4 atom stereocenters. The highest BCUT2D eigenvalue weighted by Gasteiger charge is 2.61. The maximum Gasteiger partial charge on any atom is 0.405 e. The minimum absolute atomic E-state index is 0.0141. The fraction of sp³-hybridized carbons (Fsp3) is 0.538. The average molecular weight is 562 g/mol. The van der Waals surface area contributed by atoms with E-state index in [4.69, 9.17) is 10.5 Å². The predicted molar refractivity (Wildman–Crippen MR) is 141 cm³/mol. The molecule has 0 aromatic heterocycles. The lowest BCUT2D eigenvalue weighted by molar-refractivity contribution is -0.146. The van der Waals surface area contributed by atoms with Crippen LogP contribution in [0.3, 0.4) is 0 Å². The van der Waals surface area contributed by atoms with Gasteiger partial charge in [0.25, 0.3) is 11.8 Å². The van der Waals surface area contributed by atoms with E-state index in [-0.39, 0.29) is 19.5 Å². The van der Waals surface area contributed by atoms with Crippen LogP contribution in [0, 0.1) is 5.92 Å². The van der Waals surface area contributed by atoms with Crippen LogP contribution in [0.15, 0.2) is 42.5 Å². The molecule has 1 saturated carbocycles. The Hall–Kier alpha value is -3.45. The van der Waals surface area contributed by atoms with E-state index < -0.39 is 57.6 Å². The second-order valence-corrected chi connectivity index (χ2v) is 11.7. The molecule has 0 spiro atoms. The summed E-state index contributed by atoms with van der Waals surface area (Å²) < 4.78 is 34.8. The second-order valence-electron chi connectivity index (χ2n) is 10.2. The predicted octanol–water partition coefficient (Wildman–Crippen LogP) is 0.987. The van der Waals surface area contributed by atoms with E-state index in [1.54, 1.807) is 30.3 Å². The van der Waals surface area contributed by atoms with Crippen molar-refractivity contribution in [2.45, 2.75) is 75.6 Å². The van der Waals surface area contributed by atoms with Crippen LogP contribution in [0.4, 0.5) is 4.79 Å². The highest BCUT2D eigenvalue weighted by atomic mass is 32.2. The summed E-state index contributed by atoms with van der Waals surface area (Å²) in [6, 6.07) is 7.96. The number of rotatable bonds is 6. The Kier molecular flexibility index (Phi) is 8.90. The van der Waals surface area contributed by atoms with Crippen molar-refractivity contribution >= 4 is 34.0 Å². The van der Waals surface area contributed by atoms with Crippen molar-refractivity contribution in [1.29, 1.82) is 0 Å². The average Bonchev–Trinajstić information content (AvgIpc) is 3.36. The van der Waals surface area contributed by atoms with Crippen LogP contribution >= 0.6 is 0 Å². The van der Waals surface area contributed by atoms with Crippen LogP contribution in [0.25, 0.3) is 0 Å². The van der Waals surface area contributed by atoms with Gasteiger partial charge in [-0.1, -0.05) is 48.9 Å². The van der Waals surface area contributed by atoms with E-state index in [2.05, 4.69) is 14.8 Å². The third kappa shape index (κ3) is 7.15. The van der Waals surface area contributed by atoms with Crippen molar-refractivity contribution in [2.75, 3.05) is 6.54 Å². The molecular formula is C26H35N5O7S. The number of hydrogen-bond acceptors (Lipinski definition) is 7. The maximum atomic E-state index is 13.4. The third-order valence-electron chi connectivity index (χ3n) is 7.38. The molecular weight excluding hydrogens is 526 g/mol. The van der Waals surface area contributed by atoms with Crippen molar-refractivity contribution < 1.29 is 32.3 Å². The largest absolute Gasteiger partial charge is 0.436 e. The van der Waals surface area contributed by atoms with Gasteiger partial charge in [-0.2, -0.15) is 13.1 Å². The molecule has 39 heavy (non-hydrogen) atoms. The Balaban J connectivity index is 1.51. The molecule has 0 radical (unpaired) electrons. The zero-order valence-electron chi connectivity index (χ0n) is 21.6. The molecule has 3 aliphatic rings. The standard InChI is InChI=1S/C26H35N5O7S/c27-25(35)38-21-14-8-3-1-2-7-12-19-16-26(19,29-22(32)20-13-9-15-31(20)23(21)33)24(34)30-39(36,37)28-17-18-10-5-4-6-11-18/h4-7,10-12,19-21,28H,1-3,8-9,13-17H2,(H2,27,35)(H,29,32)(H,30,34)/b12-7-. The van der Waals surface area contributed by atoms with Crippen LogP contribution < -0.4 is 20.5 Å². The van der Waals surface area contributed by atoms with Crippen molar-refractivity contribution in [1.82, 2.24) is 19.7 Å². The van der Waals surface area contributed by atoms with Crippen LogP contribution in [0.5, 0.6) is 0 Å². The van der Waals surface area contributed by atoms with Gasteiger partial charge >= 0.3 is 16.3 Å². The van der Waals surface area contributed by atoms with Gasteiger partial charge in [0.1, 0.15) is 11.6 Å².